The van der Waals surface area contributed by atoms with E-state index >= 15 is 0 Å². The standard InChI is InChI=1S/C44H44N12.Mn/c1-21-25(5)53(9)41(45-21)37-29-13-15-31(49-29)38(42-46-22(2)26(6)54(42)10)33-17-19-35(51-33)40(44-48-24(4)28(8)56(44)12)36-20-18-34(52-36)39(32-16-14-30(37)50-32)43-47-23(3)27(7)55(43)11;/h13-20H,1-12H3;/q-2;+3. The molecule has 12 nitrogen and oxygen atoms in total. The number of nitrogens with zero attached hydrogens (tertiary/aromatic N) is 12. The SMILES string of the molecule is Cc1nc(-c2c3nc(c(-c4nc(C)c(C)n4C)c4ccc([n-]4)c(-c4nc(C)c(C)n4C)c4nc(c(-c5nc(C)c(C)n5C)c5ccc2[n-]5)C=C4)C=C3)n(C)c1C.[Mn+3]. The van der Waals surface area contributed by atoms with E-state index in [-0.39, 0.29) is 17.1 Å². The van der Waals surface area contributed by atoms with Gasteiger partial charge in [-0.3, -0.25) is 0 Å². The van der Waals surface area contributed by atoms with Gasteiger partial charge in [-0.15, -0.1) is 22.1 Å². The first-order valence-corrected chi connectivity index (χ1v) is 18.8. The largest absolute Gasteiger partial charge is 3.00 e. The molecule has 0 radical (unpaired) electrons. The van der Waals surface area contributed by atoms with Crippen LogP contribution in [0.15, 0.2) is 24.3 Å². The van der Waals surface area contributed by atoms with Gasteiger partial charge in [-0.2, -0.15) is 0 Å². The third kappa shape index (κ3) is 5.70. The summed E-state index contributed by atoms with van der Waals surface area (Å²) < 4.78 is 8.47. The van der Waals surface area contributed by atoms with E-state index in [0.717, 1.165) is 136 Å². The van der Waals surface area contributed by atoms with E-state index in [9.17, 15) is 0 Å². The number of imidazole rings is 4. The van der Waals surface area contributed by atoms with Crippen molar-refractivity contribution in [1.29, 1.82) is 0 Å². The van der Waals surface area contributed by atoms with E-state index in [4.69, 9.17) is 39.9 Å². The van der Waals surface area contributed by atoms with Crippen LogP contribution in [-0.4, -0.2) is 48.2 Å². The van der Waals surface area contributed by atoms with Gasteiger partial charge < -0.3 is 28.2 Å². The van der Waals surface area contributed by atoms with Crippen molar-refractivity contribution in [2.75, 3.05) is 0 Å². The van der Waals surface area contributed by atoms with Gasteiger partial charge in [0, 0.05) is 73.2 Å². The van der Waals surface area contributed by atoms with Gasteiger partial charge in [-0.05, 0) is 79.7 Å². The summed E-state index contributed by atoms with van der Waals surface area (Å²) in [6, 6.07) is 8.22. The second kappa shape index (κ2) is 13.6. The predicted molar refractivity (Wildman–Crippen MR) is 223 cm³/mol. The summed E-state index contributed by atoms with van der Waals surface area (Å²) in [4.78, 5) is 41.9. The van der Waals surface area contributed by atoms with Crippen molar-refractivity contribution >= 4 is 46.4 Å². The van der Waals surface area contributed by atoms with Crippen molar-refractivity contribution in [3.63, 3.8) is 0 Å². The fourth-order valence-corrected chi connectivity index (χ4v) is 7.76. The van der Waals surface area contributed by atoms with Crippen LogP contribution in [0.25, 0.3) is 91.9 Å². The van der Waals surface area contributed by atoms with Crippen LogP contribution in [0.3, 0.4) is 0 Å². The molecule has 7 aromatic rings. The molecular weight excluding hydrogens is 752 g/mol. The zero-order valence-electron chi connectivity index (χ0n) is 34.4. The summed E-state index contributed by atoms with van der Waals surface area (Å²) >= 11 is 0. The van der Waals surface area contributed by atoms with Crippen LogP contribution in [0.4, 0.5) is 0 Å². The van der Waals surface area contributed by atoms with Crippen LogP contribution < -0.4 is 9.97 Å². The van der Waals surface area contributed by atoms with Gasteiger partial charge in [-0.25, -0.2) is 29.9 Å². The first-order valence-electron chi connectivity index (χ1n) is 18.8. The molecule has 0 amide bonds. The van der Waals surface area contributed by atoms with Gasteiger partial charge in [0.15, 0.2) is 0 Å². The van der Waals surface area contributed by atoms with Gasteiger partial charge in [-0.1, -0.05) is 24.3 Å². The van der Waals surface area contributed by atoms with Gasteiger partial charge in [0.05, 0.1) is 45.6 Å². The van der Waals surface area contributed by atoms with E-state index in [1.54, 1.807) is 0 Å². The Hall–Kier alpha value is -6.04. The molecule has 2 aliphatic heterocycles. The quantitative estimate of drug-likeness (QED) is 0.164. The molecule has 0 saturated heterocycles. The maximum Gasteiger partial charge on any atom is 3.00 e. The Kier molecular flexibility index (Phi) is 9.01. The van der Waals surface area contributed by atoms with Crippen molar-refractivity contribution in [3.05, 3.63) is 92.6 Å². The molecule has 9 rings (SSSR count). The van der Waals surface area contributed by atoms with Crippen molar-refractivity contribution in [3.8, 4) is 45.6 Å². The molecule has 7 aromatic heterocycles. The van der Waals surface area contributed by atoms with Crippen LogP contribution in [0, 0.1) is 55.4 Å². The van der Waals surface area contributed by atoms with Crippen molar-refractivity contribution < 1.29 is 17.1 Å². The van der Waals surface area contributed by atoms with E-state index in [2.05, 4.69) is 94.5 Å². The molecule has 13 heteroatoms. The first kappa shape index (κ1) is 37.9. The Balaban J connectivity index is 0.00000455. The second-order valence-electron chi connectivity index (χ2n) is 15.0. The van der Waals surface area contributed by atoms with Crippen molar-refractivity contribution in [2.24, 2.45) is 28.2 Å². The number of fused-ring (bicyclic) bond motifs is 8. The molecule has 8 bridgehead atoms. The van der Waals surface area contributed by atoms with Gasteiger partial charge in [0.2, 0.25) is 0 Å². The summed E-state index contributed by atoms with van der Waals surface area (Å²) in [5.74, 6) is 3.14. The predicted octanol–water partition coefficient (Wildman–Crippen LogP) is 7.98. The molecule has 286 valence electrons. The smallest absolute Gasteiger partial charge is 0.657 e. The molecule has 2 aliphatic rings. The van der Waals surface area contributed by atoms with E-state index in [1.165, 1.54) is 0 Å². The maximum absolute atomic E-state index is 5.39. The van der Waals surface area contributed by atoms with Crippen LogP contribution in [-0.2, 0) is 45.3 Å². The normalized spacial score (nSPS) is 12.3. The average molecular weight is 796 g/mol. The monoisotopic (exact) mass is 795 g/mol. The van der Waals surface area contributed by atoms with Crippen LogP contribution in [0.2, 0.25) is 0 Å². The Bertz CT molecular complexity index is 2660. The van der Waals surface area contributed by atoms with Gasteiger partial charge in [0.1, 0.15) is 23.3 Å². The fourth-order valence-electron chi connectivity index (χ4n) is 7.76. The number of hydrogen-bond acceptors (Lipinski definition) is 6. The molecular formula is C44H44MnN12+. The third-order valence-corrected chi connectivity index (χ3v) is 12.0. The van der Waals surface area contributed by atoms with Crippen LogP contribution in [0.1, 0.15) is 68.3 Å². The van der Waals surface area contributed by atoms with Crippen molar-refractivity contribution in [2.45, 2.75) is 55.4 Å². The Morgan fingerprint density at radius 2 is 0.561 bits per heavy atom. The summed E-state index contributed by atoms with van der Waals surface area (Å²) in [6.45, 7) is 16.5. The van der Waals surface area contributed by atoms with Gasteiger partial charge >= 0.3 is 17.1 Å². The molecule has 0 aliphatic carbocycles. The molecule has 0 aromatic carbocycles. The van der Waals surface area contributed by atoms with E-state index in [1.807, 2.05) is 55.9 Å². The number of aryl methyl sites for hydroxylation is 4. The number of rotatable bonds is 4. The molecule has 0 fully saturated rings. The van der Waals surface area contributed by atoms with E-state index in [0.29, 0.717) is 0 Å². The summed E-state index contributed by atoms with van der Waals surface area (Å²) in [5.41, 5.74) is 17.4. The molecule has 0 saturated carbocycles. The molecule has 0 unspecified atom stereocenters. The zero-order chi connectivity index (χ0) is 39.5. The molecule has 0 atom stereocenters. The fraction of sp³-hybridized carbons (Fsp3) is 0.273. The Morgan fingerprint density at radius 1 is 0.351 bits per heavy atom. The van der Waals surface area contributed by atoms with E-state index < -0.39 is 0 Å². The minimum Gasteiger partial charge on any atom is -0.657 e. The third-order valence-electron chi connectivity index (χ3n) is 12.0. The van der Waals surface area contributed by atoms with Crippen molar-refractivity contribution in [1.82, 2.24) is 58.1 Å². The number of aromatic nitrogens is 12. The summed E-state index contributed by atoms with van der Waals surface area (Å²) in [5, 5.41) is 0. The molecule has 0 spiro atoms. The summed E-state index contributed by atoms with van der Waals surface area (Å²) in [7, 11) is 8.17. The second-order valence-corrected chi connectivity index (χ2v) is 15.0. The summed E-state index contributed by atoms with van der Waals surface area (Å²) in [6.07, 6.45) is 8.22. The van der Waals surface area contributed by atoms with Gasteiger partial charge in [0.25, 0.3) is 0 Å². The minimum absolute atomic E-state index is 0. The van der Waals surface area contributed by atoms with Crippen LogP contribution >= 0.6 is 0 Å². The Morgan fingerprint density at radius 3 is 0.737 bits per heavy atom. The molecule has 57 heavy (non-hydrogen) atoms. The maximum atomic E-state index is 5.39. The molecule has 0 N–H and O–H groups in total. The zero-order valence-corrected chi connectivity index (χ0v) is 35.5. The van der Waals surface area contributed by atoms with Crippen LogP contribution in [0.5, 0.6) is 0 Å². The molecule has 9 heterocycles. The first-order chi connectivity index (χ1) is 26.7. The topological polar surface area (TPSA) is 125 Å². The average Bonchev–Trinajstić information content (AvgIpc) is 4.07. The number of hydrogen-bond donors (Lipinski definition) is 0. The Labute approximate surface area is 342 Å². The minimum atomic E-state index is 0.